The number of rotatable bonds is 9. The molecular weight excluding hydrogens is 372 g/mol. The Hall–Kier alpha value is -3.88. The number of aromatic nitrogens is 2. The minimum Gasteiger partial charge on any atom is -0.378 e. The summed E-state index contributed by atoms with van der Waals surface area (Å²) in [6.07, 6.45) is 4.32. The molecule has 1 aromatic heterocycles. The molecule has 0 saturated carbocycles. The van der Waals surface area contributed by atoms with E-state index in [1.165, 1.54) is 6.07 Å². The summed E-state index contributed by atoms with van der Waals surface area (Å²) in [4.78, 5) is 22.4. The predicted octanol–water partition coefficient (Wildman–Crippen LogP) is 2.73. The zero-order valence-corrected chi connectivity index (χ0v) is 15.7. The van der Waals surface area contributed by atoms with Crippen LogP contribution in [0.5, 0.6) is 0 Å². The Kier molecular flexibility index (Phi) is 6.77. The van der Waals surface area contributed by atoms with Crippen molar-refractivity contribution in [1.82, 2.24) is 20.4 Å². The van der Waals surface area contributed by atoms with Crippen molar-refractivity contribution in [3.63, 3.8) is 0 Å². The van der Waals surface area contributed by atoms with Crippen molar-refractivity contribution in [3.05, 3.63) is 82.7 Å². The molecule has 9 heteroatoms. The summed E-state index contributed by atoms with van der Waals surface area (Å²) in [6, 6.07) is 16.0. The summed E-state index contributed by atoms with van der Waals surface area (Å²) in [6.45, 7) is 1.23. The van der Waals surface area contributed by atoms with Crippen LogP contribution < -0.4 is 16.0 Å². The van der Waals surface area contributed by atoms with E-state index >= 15 is 0 Å². The van der Waals surface area contributed by atoms with Gasteiger partial charge in [-0.25, -0.2) is 9.48 Å². The first-order valence-corrected chi connectivity index (χ1v) is 9.21. The first-order chi connectivity index (χ1) is 14.1. The Labute approximate surface area is 167 Å². The fourth-order valence-electron chi connectivity index (χ4n) is 2.78. The highest BCUT2D eigenvalue weighted by Gasteiger charge is 2.11. The molecule has 0 spiro atoms. The van der Waals surface area contributed by atoms with E-state index in [1.807, 2.05) is 36.5 Å². The zero-order valence-electron chi connectivity index (χ0n) is 15.7. The molecule has 9 nitrogen and oxygen atoms in total. The molecule has 0 atom stereocenters. The van der Waals surface area contributed by atoms with Crippen molar-refractivity contribution in [2.24, 2.45) is 0 Å². The first kappa shape index (κ1) is 19.9. The molecule has 3 aromatic rings. The SMILES string of the molecule is O=C(NCCNc1ccccc1[N+](=O)[O-])NCCc1ccc(-n2cccn2)cc1. The van der Waals surface area contributed by atoms with E-state index in [2.05, 4.69) is 21.0 Å². The number of nitrogens with one attached hydrogen (secondary N) is 3. The van der Waals surface area contributed by atoms with Gasteiger partial charge in [0.1, 0.15) is 5.69 Å². The second kappa shape index (κ2) is 9.88. The molecule has 0 unspecified atom stereocenters. The van der Waals surface area contributed by atoms with Gasteiger partial charge in [0, 0.05) is 38.1 Å². The molecule has 1 heterocycles. The minimum absolute atomic E-state index is 0.00975. The number of hydrogen-bond donors (Lipinski definition) is 3. The molecule has 0 radical (unpaired) electrons. The zero-order chi connectivity index (χ0) is 20.5. The van der Waals surface area contributed by atoms with Crippen LogP contribution in [0.1, 0.15) is 5.56 Å². The topological polar surface area (TPSA) is 114 Å². The van der Waals surface area contributed by atoms with E-state index in [4.69, 9.17) is 0 Å². The largest absolute Gasteiger partial charge is 0.378 e. The van der Waals surface area contributed by atoms with Gasteiger partial charge in [-0.15, -0.1) is 0 Å². The average molecular weight is 394 g/mol. The maximum atomic E-state index is 11.9. The lowest BCUT2D eigenvalue weighted by molar-refractivity contribution is -0.384. The Morgan fingerprint density at radius 1 is 1.00 bits per heavy atom. The van der Waals surface area contributed by atoms with E-state index in [-0.39, 0.29) is 11.7 Å². The van der Waals surface area contributed by atoms with Crippen LogP contribution in [0.15, 0.2) is 67.0 Å². The number of para-hydroxylation sites is 2. The number of nitro groups is 1. The van der Waals surface area contributed by atoms with E-state index in [0.717, 1.165) is 11.3 Å². The lowest BCUT2D eigenvalue weighted by atomic mass is 10.1. The molecule has 0 aliphatic heterocycles. The highest BCUT2D eigenvalue weighted by molar-refractivity contribution is 5.73. The lowest BCUT2D eigenvalue weighted by Gasteiger charge is -2.10. The van der Waals surface area contributed by atoms with Crippen molar-refractivity contribution in [1.29, 1.82) is 0 Å². The van der Waals surface area contributed by atoms with E-state index in [1.54, 1.807) is 29.1 Å². The summed E-state index contributed by atoms with van der Waals surface area (Å²) in [5.41, 5.74) is 2.53. The van der Waals surface area contributed by atoms with Gasteiger partial charge in [-0.1, -0.05) is 24.3 Å². The highest BCUT2D eigenvalue weighted by atomic mass is 16.6. The number of hydrogen-bond acceptors (Lipinski definition) is 5. The van der Waals surface area contributed by atoms with Crippen LogP contribution in [0.2, 0.25) is 0 Å². The van der Waals surface area contributed by atoms with Gasteiger partial charge in [-0.05, 0) is 36.2 Å². The number of nitrogens with zero attached hydrogens (tertiary/aromatic N) is 3. The molecule has 0 bridgehead atoms. The number of carbonyl (C=O) groups excluding carboxylic acids is 1. The first-order valence-electron chi connectivity index (χ1n) is 9.21. The Morgan fingerprint density at radius 2 is 1.76 bits per heavy atom. The third-order valence-electron chi connectivity index (χ3n) is 4.23. The van der Waals surface area contributed by atoms with Crippen LogP contribution in [0.3, 0.4) is 0 Å². The third kappa shape index (κ3) is 5.80. The van der Waals surface area contributed by atoms with E-state index < -0.39 is 4.92 Å². The van der Waals surface area contributed by atoms with Gasteiger partial charge in [0.2, 0.25) is 0 Å². The lowest BCUT2D eigenvalue weighted by Crippen LogP contribution is -2.38. The molecular formula is C20H22N6O3. The molecule has 3 N–H and O–H groups in total. The summed E-state index contributed by atoms with van der Waals surface area (Å²) in [5.74, 6) is 0. The Bertz CT molecular complexity index is 941. The number of carbonyl (C=O) groups is 1. The van der Waals surface area contributed by atoms with Gasteiger partial charge < -0.3 is 16.0 Å². The van der Waals surface area contributed by atoms with Gasteiger partial charge in [0.05, 0.1) is 10.6 Å². The maximum absolute atomic E-state index is 11.9. The van der Waals surface area contributed by atoms with Gasteiger partial charge in [0.15, 0.2) is 0 Å². The summed E-state index contributed by atoms with van der Waals surface area (Å²) in [7, 11) is 0. The van der Waals surface area contributed by atoms with Crippen molar-refractivity contribution in [2.75, 3.05) is 25.0 Å². The van der Waals surface area contributed by atoms with Gasteiger partial charge in [-0.3, -0.25) is 10.1 Å². The Morgan fingerprint density at radius 3 is 2.48 bits per heavy atom. The van der Waals surface area contributed by atoms with Crippen molar-refractivity contribution in [2.45, 2.75) is 6.42 Å². The van der Waals surface area contributed by atoms with Crippen molar-refractivity contribution < 1.29 is 9.72 Å². The number of benzene rings is 2. The second-order valence-corrected chi connectivity index (χ2v) is 6.25. The third-order valence-corrected chi connectivity index (χ3v) is 4.23. The molecule has 0 fully saturated rings. The summed E-state index contributed by atoms with van der Waals surface area (Å²) in [5, 5.41) is 23.6. The van der Waals surface area contributed by atoms with Crippen LogP contribution >= 0.6 is 0 Å². The smallest absolute Gasteiger partial charge is 0.314 e. The molecule has 2 amide bonds. The summed E-state index contributed by atoms with van der Waals surface area (Å²) < 4.78 is 1.79. The average Bonchev–Trinajstić information content (AvgIpc) is 3.27. The number of urea groups is 1. The molecule has 150 valence electrons. The predicted molar refractivity (Wildman–Crippen MR) is 110 cm³/mol. The molecule has 29 heavy (non-hydrogen) atoms. The molecule has 3 rings (SSSR count). The van der Waals surface area contributed by atoms with Gasteiger partial charge in [-0.2, -0.15) is 5.10 Å². The van der Waals surface area contributed by atoms with E-state index in [9.17, 15) is 14.9 Å². The fourth-order valence-corrected chi connectivity index (χ4v) is 2.78. The summed E-state index contributed by atoms with van der Waals surface area (Å²) >= 11 is 0. The van der Waals surface area contributed by atoms with Crippen molar-refractivity contribution >= 4 is 17.4 Å². The Balaban J connectivity index is 1.34. The van der Waals surface area contributed by atoms with Crippen LogP contribution in [0.25, 0.3) is 5.69 Å². The monoisotopic (exact) mass is 394 g/mol. The molecule has 2 aromatic carbocycles. The second-order valence-electron chi connectivity index (χ2n) is 6.25. The molecule has 0 aliphatic carbocycles. The molecule has 0 aliphatic rings. The fraction of sp³-hybridized carbons (Fsp3) is 0.200. The number of nitro benzene ring substituents is 1. The van der Waals surface area contributed by atoms with Crippen LogP contribution in [-0.2, 0) is 6.42 Å². The van der Waals surface area contributed by atoms with Crippen molar-refractivity contribution in [3.8, 4) is 5.69 Å². The maximum Gasteiger partial charge on any atom is 0.314 e. The highest BCUT2D eigenvalue weighted by Crippen LogP contribution is 2.22. The number of amides is 2. The molecule has 0 saturated heterocycles. The van der Waals surface area contributed by atoms with Crippen LogP contribution in [-0.4, -0.2) is 40.4 Å². The van der Waals surface area contributed by atoms with E-state index in [0.29, 0.717) is 31.7 Å². The quantitative estimate of drug-likeness (QED) is 0.293. The minimum atomic E-state index is -0.440. The normalized spacial score (nSPS) is 10.3. The van der Waals surface area contributed by atoms with Crippen LogP contribution in [0, 0.1) is 10.1 Å². The van der Waals surface area contributed by atoms with Crippen LogP contribution in [0.4, 0.5) is 16.2 Å². The standard InChI is InChI=1S/C20H22N6O3/c27-20(23-14-13-21-18-4-1-2-5-19(18)26(28)29)22-12-10-16-6-8-17(9-7-16)25-15-3-11-24-25/h1-9,11,15,21H,10,12-14H2,(H2,22,23,27). The van der Waals surface area contributed by atoms with Gasteiger partial charge >= 0.3 is 6.03 Å². The number of anilines is 1. The van der Waals surface area contributed by atoms with Gasteiger partial charge in [0.25, 0.3) is 5.69 Å².